The van der Waals surface area contributed by atoms with Gasteiger partial charge in [-0.25, -0.2) is 9.69 Å². The topological polar surface area (TPSA) is 84.9 Å². The third-order valence-electron chi connectivity index (χ3n) is 7.70. The van der Waals surface area contributed by atoms with Crippen molar-refractivity contribution in [1.82, 2.24) is 5.32 Å². The van der Waals surface area contributed by atoms with Gasteiger partial charge in [0.2, 0.25) is 0 Å². The summed E-state index contributed by atoms with van der Waals surface area (Å²) in [6, 6.07) is 31.1. The van der Waals surface area contributed by atoms with Gasteiger partial charge in [0.25, 0.3) is 11.8 Å². The molecule has 0 aromatic heterocycles. The molecule has 1 aliphatic rings. The molecule has 8 heteroatoms. The standard InChI is InChI=1S/C37H29BrN2O5/c1-23-7-8-26(19-24(23)2)22-45-34-18-11-27-5-3-4-6-31(27)32(34)20-33-35(41)39-37(43)40(36(33)42)29-14-16-30(17-15-29)44-21-25-9-12-28(38)13-10-25/h3-20H,21-22H2,1-2H3,(H,39,41,43)/b33-20+. The molecule has 1 N–H and O–H groups in total. The van der Waals surface area contributed by atoms with Gasteiger partial charge < -0.3 is 9.47 Å². The first kappa shape index (κ1) is 29.8. The molecule has 6 rings (SSSR count). The van der Waals surface area contributed by atoms with Crippen molar-refractivity contribution in [2.24, 2.45) is 0 Å². The number of carbonyl (C=O) groups is 3. The van der Waals surface area contributed by atoms with Crippen LogP contribution in [0, 0.1) is 13.8 Å². The summed E-state index contributed by atoms with van der Waals surface area (Å²) in [5, 5.41) is 4.03. The number of hydrogen-bond donors (Lipinski definition) is 1. The number of benzene rings is 5. The Hall–Kier alpha value is -5.21. The molecule has 0 aliphatic carbocycles. The van der Waals surface area contributed by atoms with Crippen LogP contribution in [0.5, 0.6) is 11.5 Å². The van der Waals surface area contributed by atoms with Gasteiger partial charge >= 0.3 is 6.03 Å². The lowest BCUT2D eigenvalue weighted by Crippen LogP contribution is -2.54. The van der Waals surface area contributed by atoms with E-state index in [0.717, 1.165) is 36.8 Å². The van der Waals surface area contributed by atoms with Crippen LogP contribution in [0.2, 0.25) is 0 Å². The van der Waals surface area contributed by atoms with E-state index >= 15 is 0 Å². The van der Waals surface area contributed by atoms with Crippen molar-refractivity contribution in [2.75, 3.05) is 4.90 Å². The maximum Gasteiger partial charge on any atom is 0.335 e. The summed E-state index contributed by atoms with van der Waals surface area (Å²) in [6.45, 7) is 4.77. The number of aryl methyl sites for hydroxylation is 2. The monoisotopic (exact) mass is 660 g/mol. The number of carbonyl (C=O) groups excluding carboxylic acids is 3. The van der Waals surface area contributed by atoms with Crippen molar-refractivity contribution < 1.29 is 23.9 Å². The highest BCUT2D eigenvalue weighted by Crippen LogP contribution is 2.33. The van der Waals surface area contributed by atoms with Crippen LogP contribution in [0.4, 0.5) is 10.5 Å². The maximum absolute atomic E-state index is 13.8. The highest BCUT2D eigenvalue weighted by molar-refractivity contribution is 9.10. The number of hydrogen-bond acceptors (Lipinski definition) is 5. The van der Waals surface area contributed by atoms with Gasteiger partial charge in [-0.3, -0.25) is 14.9 Å². The highest BCUT2D eigenvalue weighted by atomic mass is 79.9. The highest BCUT2D eigenvalue weighted by Gasteiger charge is 2.37. The number of urea groups is 1. The van der Waals surface area contributed by atoms with Gasteiger partial charge in [0.1, 0.15) is 30.3 Å². The average molecular weight is 662 g/mol. The molecule has 1 fully saturated rings. The second-order valence-electron chi connectivity index (χ2n) is 10.8. The number of fused-ring (bicyclic) bond motifs is 1. The van der Waals surface area contributed by atoms with Crippen LogP contribution >= 0.6 is 15.9 Å². The number of imide groups is 2. The van der Waals surface area contributed by atoms with Crippen LogP contribution in [0.3, 0.4) is 0 Å². The fourth-order valence-electron chi connectivity index (χ4n) is 5.08. The minimum atomic E-state index is -0.824. The number of nitrogens with zero attached hydrogens (tertiary/aromatic N) is 1. The molecule has 5 aromatic rings. The van der Waals surface area contributed by atoms with Gasteiger partial charge in [-0.2, -0.15) is 0 Å². The number of halogens is 1. The molecular weight excluding hydrogens is 632 g/mol. The SMILES string of the molecule is Cc1ccc(COc2ccc3ccccc3c2/C=C2\C(=O)NC(=O)N(c3ccc(OCc4ccc(Br)cc4)cc3)C2=O)cc1C. The summed E-state index contributed by atoms with van der Waals surface area (Å²) in [4.78, 5) is 40.7. The fourth-order valence-corrected chi connectivity index (χ4v) is 5.34. The van der Waals surface area contributed by atoms with E-state index in [1.54, 1.807) is 24.3 Å². The van der Waals surface area contributed by atoms with Crippen LogP contribution in [-0.2, 0) is 22.8 Å². The largest absolute Gasteiger partial charge is 0.489 e. The predicted molar refractivity (Wildman–Crippen MR) is 178 cm³/mol. The van der Waals surface area contributed by atoms with Gasteiger partial charge in [-0.05, 0) is 95.4 Å². The van der Waals surface area contributed by atoms with Crippen LogP contribution in [-0.4, -0.2) is 17.8 Å². The van der Waals surface area contributed by atoms with E-state index in [1.807, 2.05) is 66.7 Å². The molecule has 0 bridgehead atoms. The Bertz CT molecular complexity index is 1970. The van der Waals surface area contributed by atoms with E-state index in [2.05, 4.69) is 47.2 Å². The van der Waals surface area contributed by atoms with Gasteiger partial charge in [0.05, 0.1) is 5.69 Å². The van der Waals surface area contributed by atoms with E-state index in [-0.39, 0.29) is 5.57 Å². The Morgan fingerprint density at radius 3 is 2.22 bits per heavy atom. The summed E-state index contributed by atoms with van der Waals surface area (Å²) in [7, 11) is 0. The maximum atomic E-state index is 13.8. The van der Waals surface area contributed by atoms with Gasteiger partial charge in [-0.1, -0.05) is 76.6 Å². The van der Waals surface area contributed by atoms with Gasteiger partial charge in [-0.15, -0.1) is 0 Å². The molecule has 0 saturated carbocycles. The smallest absolute Gasteiger partial charge is 0.335 e. The summed E-state index contributed by atoms with van der Waals surface area (Å²) in [6.07, 6.45) is 1.50. The minimum Gasteiger partial charge on any atom is -0.489 e. The van der Waals surface area contributed by atoms with E-state index in [9.17, 15) is 14.4 Å². The average Bonchev–Trinajstić information content (AvgIpc) is 3.04. The summed E-state index contributed by atoms with van der Waals surface area (Å²) in [5.41, 5.74) is 5.04. The first-order valence-corrected chi connectivity index (χ1v) is 15.2. The van der Waals surface area contributed by atoms with E-state index in [1.165, 1.54) is 11.6 Å². The fraction of sp³-hybridized carbons (Fsp3) is 0.108. The van der Waals surface area contributed by atoms with Crippen molar-refractivity contribution in [3.05, 3.63) is 141 Å². The summed E-state index contributed by atoms with van der Waals surface area (Å²) >= 11 is 3.42. The van der Waals surface area contributed by atoms with Gasteiger partial charge in [0, 0.05) is 10.0 Å². The minimum absolute atomic E-state index is 0.183. The molecule has 7 nitrogen and oxygen atoms in total. The lowest BCUT2D eigenvalue weighted by atomic mass is 9.99. The second-order valence-corrected chi connectivity index (χ2v) is 11.7. The Balaban J connectivity index is 1.29. The van der Waals surface area contributed by atoms with E-state index < -0.39 is 17.8 Å². The molecule has 1 aliphatic heterocycles. The molecular formula is C37H29BrN2O5. The first-order valence-electron chi connectivity index (χ1n) is 14.4. The Labute approximate surface area is 269 Å². The summed E-state index contributed by atoms with van der Waals surface area (Å²) in [5.74, 6) is -0.431. The van der Waals surface area contributed by atoms with Crippen LogP contribution in [0.25, 0.3) is 16.8 Å². The van der Waals surface area contributed by atoms with E-state index in [0.29, 0.717) is 36.0 Å². The first-order chi connectivity index (χ1) is 21.8. The molecule has 1 heterocycles. The number of nitrogens with one attached hydrogen (secondary N) is 1. The molecule has 1 saturated heterocycles. The lowest BCUT2D eigenvalue weighted by molar-refractivity contribution is -0.122. The zero-order valence-electron chi connectivity index (χ0n) is 24.7. The summed E-state index contributed by atoms with van der Waals surface area (Å²) < 4.78 is 13.1. The van der Waals surface area contributed by atoms with Crippen molar-refractivity contribution in [1.29, 1.82) is 0 Å². The van der Waals surface area contributed by atoms with Gasteiger partial charge in [0.15, 0.2) is 0 Å². The quantitative estimate of drug-likeness (QED) is 0.134. The Kier molecular flexibility index (Phi) is 8.49. The molecule has 0 atom stereocenters. The number of barbiturate groups is 1. The zero-order chi connectivity index (χ0) is 31.5. The number of ether oxygens (including phenoxy) is 2. The normalized spacial score (nSPS) is 14.2. The van der Waals surface area contributed by atoms with Crippen LogP contribution in [0.1, 0.15) is 27.8 Å². The molecule has 5 aromatic carbocycles. The lowest BCUT2D eigenvalue weighted by Gasteiger charge is -2.26. The number of anilines is 1. The molecule has 0 unspecified atom stereocenters. The van der Waals surface area contributed by atoms with Crippen molar-refractivity contribution in [3.63, 3.8) is 0 Å². The van der Waals surface area contributed by atoms with Crippen LogP contribution < -0.4 is 19.7 Å². The molecule has 224 valence electrons. The molecule has 4 amide bonds. The molecule has 0 spiro atoms. The van der Waals surface area contributed by atoms with Crippen molar-refractivity contribution in [3.8, 4) is 11.5 Å². The third-order valence-corrected chi connectivity index (χ3v) is 8.23. The van der Waals surface area contributed by atoms with E-state index in [4.69, 9.17) is 9.47 Å². The second kappa shape index (κ2) is 12.8. The molecule has 45 heavy (non-hydrogen) atoms. The van der Waals surface area contributed by atoms with Crippen LogP contribution in [0.15, 0.2) is 113 Å². The van der Waals surface area contributed by atoms with Crippen molar-refractivity contribution >= 4 is 56.3 Å². The Morgan fingerprint density at radius 2 is 1.47 bits per heavy atom. The molecule has 0 radical (unpaired) electrons. The Morgan fingerprint density at radius 1 is 0.756 bits per heavy atom. The third kappa shape index (κ3) is 6.51. The van der Waals surface area contributed by atoms with Crippen molar-refractivity contribution in [2.45, 2.75) is 27.1 Å². The zero-order valence-corrected chi connectivity index (χ0v) is 26.3. The predicted octanol–water partition coefficient (Wildman–Crippen LogP) is 8.04. The number of rotatable bonds is 8. The number of amides is 4.